The lowest BCUT2D eigenvalue weighted by Crippen LogP contribution is -2.41. The summed E-state index contributed by atoms with van der Waals surface area (Å²) < 4.78 is 23.4. The molecule has 0 bridgehead atoms. The number of nitrogens with one attached hydrogen (secondary N) is 2. The average molecular weight is 374 g/mol. The molecule has 0 saturated heterocycles. The number of carbonyl (C=O) groups is 2. The van der Waals surface area contributed by atoms with E-state index in [4.69, 9.17) is 9.47 Å². The van der Waals surface area contributed by atoms with Gasteiger partial charge in [0.15, 0.2) is 11.5 Å². The van der Waals surface area contributed by atoms with E-state index in [-0.39, 0.29) is 5.82 Å². The zero-order chi connectivity index (χ0) is 19.8. The van der Waals surface area contributed by atoms with E-state index in [9.17, 15) is 14.0 Å². The van der Waals surface area contributed by atoms with Crippen LogP contribution in [0.25, 0.3) is 0 Å². The lowest BCUT2D eigenvalue weighted by atomic mass is 10.1. The van der Waals surface area contributed by atoms with Crippen LogP contribution in [0.5, 0.6) is 11.5 Å². The van der Waals surface area contributed by atoms with Gasteiger partial charge in [-0.05, 0) is 48.7 Å². The maximum atomic E-state index is 12.9. The molecule has 2 aromatic carbocycles. The number of rotatable bonds is 7. The molecule has 27 heavy (non-hydrogen) atoms. The van der Waals surface area contributed by atoms with Gasteiger partial charge in [-0.1, -0.05) is 18.2 Å². The van der Waals surface area contributed by atoms with E-state index in [0.717, 1.165) is 5.56 Å². The van der Waals surface area contributed by atoms with Crippen LogP contribution in [0, 0.1) is 5.82 Å². The molecule has 2 rings (SSSR count). The van der Waals surface area contributed by atoms with Gasteiger partial charge in [0.2, 0.25) is 0 Å². The highest BCUT2D eigenvalue weighted by Gasteiger charge is 2.16. The van der Waals surface area contributed by atoms with Crippen molar-refractivity contribution in [1.29, 1.82) is 0 Å². The summed E-state index contributed by atoms with van der Waals surface area (Å²) >= 11 is 0. The third kappa shape index (κ3) is 5.70. The summed E-state index contributed by atoms with van der Waals surface area (Å²) in [5, 5.41) is 5.17. The van der Waals surface area contributed by atoms with Crippen LogP contribution in [0.2, 0.25) is 0 Å². The van der Waals surface area contributed by atoms with Crippen molar-refractivity contribution in [3.8, 4) is 11.5 Å². The molecule has 2 aromatic rings. The van der Waals surface area contributed by atoms with E-state index in [2.05, 4.69) is 10.6 Å². The highest BCUT2D eigenvalue weighted by Crippen LogP contribution is 2.27. The highest BCUT2D eigenvalue weighted by atomic mass is 19.1. The second kappa shape index (κ2) is 9.56. The molecule has 0 fully saturated rings. The first-order valence-electron chi connectivity index (χ1n) is 8.49. The molecule has 6 nitrogen and oxygen atoms in total. The molecule has 2 N–H and O–H groups in total. The molecular weight excluding hydrogens is 351 g/mol. The summed E-state index contributed by atoms with van der Waals surface area (Å²) in [5.41, 5.74) is 1.65. The Morgan fingerprint density at radius 1 is 1.00 bits per heavy atom. The van der Waals surface area contributed by atoms with Gasteiger partial charge in [-0.15, -0.1) is 0 Å². The Labute approximate surface area is 157 Å². The lowest BCUT2D eigenvalue weighted by Gasteiger charge is -2.14. The average Bonchev–Trinajstić information content (AvgIpc) is 2.68. The minimum Gasteiger partial charge on any atom is -0.493 e. The Bertz CT molecular complexity index is 793. The molecule has 0 heterocycles. The summed E-state index contributed by atoms with van der Waals surface area (Å²) in [5.74, 6) is -0.583. The van der Waals surface area contributed by atoms with Crippen LogP contribution in [0.1, 0.15) is 24.1 Å². The van der Waals surface area contributed by atoms with Crippen LogP contribution in [0.15, 0.2) is 42.5 Å². The minimum atomic E-state index is -0.737. The van der Waals surface area contributed by atoms with E-state index >= 15 is 0 Å². The second-order valence-electron chi connectivity index (χ2n) is 5.94. The van der Waals surface area contributed by atoms with Crippen molar-refractivity contribution < 1.29 is 23.5 Å². The number of benzene rings is 2. The fourth-order valence-corrected chi connectivity index (χ4v) is 2.53. The maximum absolute atomic E-state index is 12.9. The van der Waals surface area contributed by atoms with Crippen LogP contribution >= 0.6 is 0 Å². The van der Waals surface area contributed by atoms with Crippen molar-refractivity contribution in [1.82, 2.24) is 10.6 Å². The first-order chi connectivity index (χ1) is 12.9. The third-order valence-corrected chi connectivity index (χ3v) is 4.07. The Morgan fingerprint density at radius 2 is 1.67 bits per heavy atom. The molecule has 1 atom stereocenters. The molecule has 0 aromatic heterocycles. The summed E-state index contributed by atoms with van der Waals surface area (Å²) in [4.78, 5) is 23.9. The van der Waals surface area contributed by atoms with Crippen molar-refractivity contribution in [2.45, 2.75) is 19.4 Å². The molecule has 7 heteroatoms. The fourth-order valence-electron chi connectivity index (χ4n) is 2.53. The predicted octanol–water partition coefficient (Wildman–Crippen LogP) is 2.38. The number of carbonyl (C=O) groups excluding carboxylic acids is 2. The van der Waals surface area contributed by atoms with Crippen molar-refractivity contribution in [3.05, 3.63) is 59.4 Å². The van der Waals surface area contributed by atoms with E-state index < -0.39 is 17.9 Å². The first kappa shape index (κ1) is 20.2. The number of methoxy groups -OCH3 is 2. The van der Waals surface area contributed by atoms with Crippen LogP contribution < -0.4 is 20.1 Å². The number of ether oxygens (including phenoxy) is 2. The van der Waals surface area contributed by atoms with Crippen molar-refractivity contribution in [3.63, 3.8) is 0 Å². The quantitative estimate of drug-likeness (QED) is 0.730. The Kier molecular flexibility index (Phi) is 7.16. The normalized spacial score (nSPS) is 11.4. The highest BCUT2D eigenvalue weighted by molar-refractivity contribution is 6.35. The molecule has 0 aliphatic rings. The van der Waals surface area contributed by atoms with Gasteiger partial charge in [0, 0.05) is 6.54 Å². The van der Waals surface area contributed by atoms with Crippen LogP contribution in [0.4, 0.5) is 4.39 Å². The summed E-state index contributed by atoms with van der Waals surface area (Å²) in [7, 11) is 3.11. The number of hydrogen-bond acceptors (Lipinski definition) is 4. The van der Waals surface area contributed by atoms with E-state index in [0.29, 0.717) is 30.0 Å². The van der Waals surface area contributed by atoms with Gasteiger partial charge in [-0.25, -0.2) is 4.39 Å². The minimum absolute atomic E-state index is 0.298. The van der Waals surface area contributed by atoms with Gasteiger partial charge >= 0.3 is 11.8 Å². The largest absolute Gasteiger partial charge is 0.493 e. The van der Waals surface area contributed by atoms with Gasteiger partial charge in [-0.2, -0.15) is 0 Å². The van der Waals surface area contributed by atoms with Gasteiger partial charge in [0.1, 0.15) is 5.82 Å². The molecule has 144 valence electrons. The molecule has 2 amide bonds. The van der Waals surface area contributed by atoms with Gasteiger partial charge in [-0.3, -0.25) is 9.59 Å². The molecule has 0 aliphatic heterocycles. The topological polar surface area (TPSA) is 76.7 Å². The number of halogens is 1. The van der Waals surface area contributed by atoms with Crippen LogP contribution in [-0.2, 0) is 16.0 Å². The Balaban J connectivity index is 1.82. The second-order valence-corrected chi connectivity index (χ2v) is 5.94. The molecule has 0 spiro atoms. The molecule has 1 unspecified atom stereocenters. The van der Waals surface area contributed by atoms with Crippen molar-refractivity contribution in [2.24, 2.45) is 0 Å². The smallest absolute Gasteiger partial charge is 0.309 e. The standard InChI is InChI=1S/C20H23FN2O4/c1-13(15-5-7-16(21)8-6-15)23-20(25)19(24)22-11-10-14-4-9-17(26-2)18(12-14)27-3/h4-9,12-13H,10-11H2,1-3H3,(H,22,24)(H,23,25). The van der Waals surface area contributed by atoms with Crippen LogP contribution in [-0.4, -0.2) is 32.6 Å². The number of amides is 2. The van der Waals surface area contributed by atoms with Gasteiger partial charge in [0.25, 0.3) is 0 Å². The van der Waals surface area contributed by atoms with Gasteiger partial charge < -0.3 is 20.1 Å². The lowest BCUT2D eigenvalue weighted by molar-refractivity contribution is -0.139. The molecule has 0 saturated carbocycles. The molecular formula is C20H23FN2O4. The summed E-state index contributed by atoms with van der Waals surface area (Å²) in [6, 6.07) is 10.8. The Hall–Kier alpha value is -3.09. The zero-order valence-electron chi connectivity index (χ0n) is 15.5. The van der Waals surface area contributed by atoms with Crippen molar-refractivity contribution in [2.75, 3.05) is 20.8 Å². The maximum Gasteiger partial charge on any atom is 0.309 e. The fraction of sp³-hybridized carbons (Fsp3) is 0.300. The van der Waals surface area contributed by atoms with Crippen molar-refractivity contribution >= 4 is 11.8 Å². The summed E-state index contributed by atoms with van der Waals surface area (Å²) in [6.45, 7) is 2.02. The molecule has 0 radical (unpaired) electrons. The summed E-state index contributed by atoms with van der Waals surface area (Å²) in [6.07, 6.45) is 0.535. The monoisotopic (exact) mass is 374 g/mol. The van der Waals surface area contributed by atoms with Crippen LogP contribution in [0.3, 0.4) is 0 Å². The van der Waals surface area contributed by atoms with Gasteiger partial charge in [0.05, 0.1) is 20.3 Å². The Morgan fingerprint density at radius 3 is 2.30 bits per heavy atom. The van der Waals surface area contributed by atoms with E-state index in [1.165, 1.54) is 12.1 Å². The SMILES string of the molecule is COc1ccc(CCNC(=O)C(=O)NC(C)c2ccc(F)cc2)cc1OC. The molecule has 0 aliphatic carbocycles. The zero-order valence-corrected chi connectivity index (χ0v) is 15.5. The van der Waals surface area contributed by atoms with E-state index in [1.807, 2.05) is 12.1 Å². The third-order valence-electron chi connectivity index (χ3n) is 4.07. The van der Waals surface area contributed by atoms with E-state index in [1.54, 1.807) is 39.3 Å². The number of hydrogen-bond donors (Lipinski definition) is 2. The predicted molar refractivity (Wildman–Crippen MR) is 99.2 cm³/mol. The first-order valence-corrected chi connectivity index (χ1v) is 8.49.